The van der Waals surface area contributed by atoms with Gasteiger partial charge in [-0.25, -0.2) is 45.8 Å². The molecule has 2 aliphatic rings. The molecule has 1 fully saturated rings. The van der Waals surface area contributed by atoms with E-state index in [2.05, 4.69) is 19.9 Å². The Morgan fingerprint density at radius 1 is 1.15 bits per heavy atom. The van der Waals surface area contributed by atoms with Gasteiger partial charge < -0.3 is 14.7 Å². The number of urea groups is 1. The predicted octanol–water partition coefficient (Wildman–Crippen LogP) is 2.19. The third kappa shape index (κ3) is 5.62. The van der Waals surface area contributed by atoms with Gasteiger partial charge in [-0.1, -0.05) is 0 Å². The number of aliphatic hydroxyl groups is 1. The highest BCUT2D eigenvalue weighted by Crippen LogP contribution is 2.32. The summed E-state index contributed by atoms with van der Waals surface area (Å²) < 4.78 is 76.6. The second kappa shape index (κ2) is 11.1. The summed E-state index contributed by atoms with van der Waals surface area (Å²) in [7, 11) is -3.97. The molecule has 0 unspecified atom stereocenters. The van der Waals surface area contributed by atoms with E-state index < -0.39 is 45.7 Å². The number of carbonyl (C=O) groups excluding carboxylic acids is 1. The van der Waals surface area contributed by atoms with Gasteiger partial charge in [-0.2, -0.15) is 10.2 Å². The smallest absolute Gasteiger partial charge is 0.341 e. The van der Waals surface area contributed by atoms with Crippen LogP contribution < -0.4 is 9.46 Å². The zero-order chi connectivity index (χ0) is 29.5. The molecule has 41 heavy (non-hydrogen) atoms. The number of aryl methyl sites for hydroxylation is 1. The van der Waals surface area contributed by atoms with E-state index in [1.54, 1.807) is 0 Å². The number of ether oxygens (including phenoxy) is 1. The van der Waals surface area contributed by atoms with Crippen molar-refractivity contribution >= 4 is 22.3 Å². The van der Waals surface area contributed by atoms with Crippen LogP contribution in [0.5, 0.6) is 5.75 Å². The minimum atomic E-state index is -3.97. The van der Waals surface area contributed by atoms with Crippen LogP contribution in [0.1, 0.15) is 29.4 Å². The molecule has 1 atom stereocenters. The maximum absolute atomic E-state index is 14.6. The fourth-order valence-corrected chi connectivity index (χ4v) is 6.15. The predicted molar refractivity (Wildman–Crippen MR) is 138 cm³/mol. The number of hydrazone groups is 1. The zero-order valence-electron chi connectivity index (χ0n) is 22.0. The number of aliphatic hydroxyl groups excluding tert-OH is 1. The number of carbonyl (C=O) groups is 1. The monoisotopic (exact) mass is 593 g/mol. The minimum absolute atomic E-state index is 0.0865. The number of nitrogens with one attached hydrogen (secondary N) is 1. The molecule has 12 nitrogen and oxygen atoms in total. The van der Waals surface area contributed by atoms with Gasteiger partial charge in [0.2, 0.25) is 10.0 Å². The Hall–Kier alpha value is -4.02. The number of likely N-dealkylation sites (tertiary alicyclic amines) is 1. The number of benzene rings is 1. The molecule has 0 saturated carbocycles. The van der Waals surface area contributed by atoms with Crippen LogP contribution in [0.25, 0.3) is 5.82 Å². The molecule has 1 aromatic carbocycles. The van der Waals surface area contributed by atoms with Crippen molar-refractivity contribution in [1.82, 2.24) is 29.4 Å². The first-order valence-corrected chi connectivity index (χ1v) is 14.0. The van der Waals surface area contributed by atoms with Crippen molar-refractivity contribution in [1.29, 1.82) is 0 Å². The lowest BCUT2D eigenvalue weighted by molar-refractivity contribution is 0.0256. The summed E-state index contributed by atoms with van der Waals surface area (Å²) in [6.45, 7) is 2.66. The van der Waals surface area contributed by atoms with E-state index in [0.717, 1.165) is 29.4 Å². The van der Waals surface area contributed by atoms with Gasteiger partial charge >= 0.3 is 6.03 Å². The number of rotatable bonds is 8. The summed E-state index contributed by atoms with van der Waals surface area (Å²) >= 11 is 0. The van der Waals surface area contributed by atoms with Crippen molar-refractivity contribution in [3.05, 3.63) is 64.9 Å². The third-order valence-corrected chi connectivity index (χ3v) is 8.34. The van der Waals surface area contributed by atoms with Gasteiger partial charge in [-0.05, 0) is 31.5 Å². The average Bonchev–Trinajstić information content (AvgIpc) is 3.49. The maximum Gasteiger partial charge on any atom is 0.341 e. The number of pyridine rings is 1. The van der Waals surface area contributed by atoms with Crippen LogP contribution in [0, 0.1) is 31.3 Å². The molecular formula is C25H26F3N7O5S. The normalized spacial score (nSPS) is 17.3. The first kappa shape index (κ1) is 28.5. The lowest BCUT2D eigenvalue weighted by Crippen LogP contribution is -2.58. The standard InChI is InChI=1S/C25H26F3N7O5S/c1-14-24(41(38,39)31-5-6-36)15(2)34(32-14)23-10-22(20(28)11-29-23)40-19-12-33(13-19)25(37)35-21(3-4-30-35)16-7-17(26)9-18(27)8-16/h4,7-11,19,21,31,36H,3,5-6,12-13H2,1-2H3/t21-/m0/s1. The Balaban J connectivity index is 1.27. The number of halogens is 3. The van der Waals surface area contributed by atoms with E-state index in [-0.39, 0.29) is 59.7 Å². The van der Waals surface area contributed by atoms with E-state index in [0.29, 0.717) is 6.42 Å². The van der Waals surface area contributed by atoms with E-state index in [4.69, 9.17) is 9.84 Å². The molecule has 0 radical (unpaired) electrons. The molecule has 16 heteroatoms. The fourth-order valence-electron chi connectivity index (χ4n) is 4.74. The van der Waals surface area contributed by atoms with E-state index in [9.17, 15) is 26.4 Å². The van der Waals surface area contributed by atoms with Gasteiger partial charge in [0.15, 0.2) is 17.4 Å². The summed E-state index contributed by atoms with van der Waals surface area (Å²) in [5.74, 6) is -2.35. The fraction of sp³-hybridized carbons (Fsp3) is 0.360. The summed E-state index contributed by atoms with van der Waals surface area (Å²) in [5.41, 5.74) is 0.674. The third-order valence-electron chi connectivity index (χ3n) is 6.63. The number of amides is 2. The topological polar surface area (TPSA) is 142 Å². The molecule has 5 rings (SSSR count). The number of aromatic nitrogens is 3. The quantitative estimate of drug-likeness (QED) is 0.408. The molecule has 218 valence electrons. The maximum atomic E-state index is 14.6. The van der Waals surface area contributed by atoms with E-state index >= 15 is 0 Å². The number of hydrogen-bond acceptors (Lipinski definition) is 8. The molecule has 1 saturated heterocycles. The second-order valence-electron chi connectivity index (χ2n) is 9.53. The average molecular weight is 594 g/mol. The Morgan fingerprint density at radius 3 is 2.54 bits per heavy atom. The molecule has 2 aliphatic heterocycles. The molecule has 0 aliphatic carbocycles. The molecular weight excluding hydrogens is 567 g/mol. The van der Waals surface area contributed by atoms with E-state index in [1.165, 1.54) is 35.7 Å². The van der Waals surface area contributed by atoms with Gasteiger partial charge in [0, 0.05) is 31.3 Å². The number of sulfonamides is 1. The Morgan fingerprint density at radius 2 is 1.85 bits per heavy atom. The van der Waals surface area contributed by atoms with Crippen molar-refractivity contribution in [2.24, 2.45) is 5.10 Å². The minimum Gasteiger partial charge on any atom is -0.483 e. The molecule has 0 spiro atoms. The lowest BCUT2D eigenvalue weighted by Gasteiger charge is -2.41. The van der Waals surface area contributed by atoms with Gasteiger partial charge in [0.05, 0.1) is 43.3 Å². The molecule has 3 aromatic rings. The first-order valence-electron chi connectivity index (χ1n) is 12.5. The second-order valence-corrected chi connectivity index (χ2v) is 11.2. The Bertz CT molecular complexity index is 1610. The van der Waals surface area contributed by atoms with Crippen molar-refractivity contribution in [3.63, 3.8) is 0 Å². The number of hydrogen-bond donors (Lipinski definition) is 2. The van der Waals surface area contributed by atoms with Gasteiger partial charge in [-0.15, -0.1) is 0 Å². The highest BCUT2D eigenvalue weighted by atomic mass is 32.2. The first-order chi connectivity index (χ1) is 19.5. The van der Waals surface area contributed by atoms with Crippen LogP contribution in [0.4, 0.5) is 18.0 Å². The SMILES string of the molecule is Cc1nn(-c2cc(OC3CN(C(=O)N4N=CC[C@H]4c4cc(F)cc(F)c4)C3)c(F)cn2)c(C)c1S(=O)(=O)NCCO. The highest BCUT2D eigenvalue weighted by molar-refractivity contribution is 7.89. The summed E-state index contributed by atoms with van der Waals surface area (Å²) in [5, 5.41) is 18.4. The van der Waals surface area contributed by atoms with Crippen LogP contribution in [0.2, 0.25) is 0 Å². The molecule has 2 amide bonds. The lowest BCUT2D eigenvalue weighted by atomic mass is 10.0. The van der Waals surface area contributed by atoms with E-state index in [1.807, 2.05) is 0 Å². The van der Waals surface area contributed by atoms with Crippen molar-refractivity contribution in [2.45, 2.75) is 37.3 Å². The number of nitrogens with zero attached hydrogens (tertiary/aromatic N) is 6. The van der Waals surface area contributed by atoms with Crippen LogP contribution in [0.15, 0.2) is 40.5 Å². The summed E-state index contributed by atoms with van der Waals surface area (Å²) in [4.78, 5) is 18.4. The highest BCUT2D eigenvalue weighted by Gasteiger charge is 2.39. The molecule has 2 N–H and O–H groups in total. The summed E-state index contributed by atoms with van der Waals surface area (Å²) in [6, 6.07) is 3.17. The van der Waals surface area contributed by atoms with Crippen LogP contribution in [0.3, 0.4) is 0 Å². The van der Waals surface area contributed by atoms with Gasteiger partial charge in [-0.3, -0.25) is 0 Å². The molecule has 0 bridgehead atoms. The van der Waals surface area contributed by atoms with Crippen molar-refractivity contribution in [2.75, 3.05) is 26.2 Å². The van der Waals surface area contributed by atoms with Crippen LogP contribution >= 0.6 is 0 Å². The van der Waals surface area contributed by atoms with Crippen LogP contribution in [-0.2, 0) is 10.0 Å². The zero-order valence-corrected chi connectivity index (χ0v) is 22.8. The Kier molecular flexibility index (Phi) is 7.72. The molecule has 2 aromatic heterocycles. The van der Waals surface area contributed by atoms with Crippen molar-refractivity contribution < 1.29 is 36.2 Å². The van der Waals surface area contributed by atoms with Crippen molar-refractivity contribution in [3.8, 4) is 11.6 Å². The van der Waals surface area contributed by atoms with Gasteiger partial charge in [0.25, 0.3) is 0 Å². The Labute approximate surface area is 233 Å². The molecule has 4 heterocycles. The van der Waals surface area contributed by atoms with Crippen LogP contribution in [-0.4, -0.2) is 82.8 Å². The van der Waals surface area contributed by atoms with Gasteiger partial charge in [0.1, 0.15) is 22.6 Å². The largest absolute Gasteiger partial charge is 0.483 e. The summed E-state index contributed by atoms with van der Waals surface area (Å²) in [6.07, 6.45) is 2.13.